The number of hydrogen-bond donors (Lipinski definition) is 5. The molecule has 0 radical (unpaired) electrons. The van der Waals surface area contributed by atoms with Gasteiger partial charge in [-0.1, -0.05) is 6.92 Å². The van der Waals surface area contributed by atoms with Crippen molar-refractivity contribution in [1.82, 2.24) is 20.2 Å². The number of aromatic amines is 1. The predicted octanol–water partition coefficient (Wildman–Crippen LogP) is 3.12. The van der Waals surface area contributed by atoms with Gasteiger partial charge in [0.1, 0.15) is 11.5 Å². The molecule has 1 aromatic heterocycles. The molecule has 25 heavy (non-hydrogen) atoms. The second kappa shape index (κ2) is 6.96. The number of hydrogen-bond acceptors (Lipinski definition) is 6. The zero-order valence-electron chi connectivity index (χ0n) is 13.9. The lowest BCUT2D eigenvalue weighted by atomic mass is 10.1. The van der Waals surface area contributed by atoms with Crippen LogP contribution in [0.5, 0.6) is 11.5 Å². The van der Waals surface area contributed by atoms with Crippen molar-refractivity contribution >= 4 is 17.9 Å². The van der Waals surface area contributed by atoms with Gasteiger partial charge in [0.25, 0.3) is 0 Å². The summed E-state index contributed by atoms with van der Waals surface area (Å²) in [4.78, 5) is 0. The first-order valence-electron chi connectivity index (χ1n) is 7.81. The Balaban J connectivity index is 2.13. The maximum absolute atomic E-state index is 10.3. The molecule has 0 fully saturated rings. The van der Waals surface area contributed by atoms with E-state index in [1.54, 1.807) is 17.7 Å². The van der Waals surface area contributed by atoms with E-state index in [-0.39, 0.29) is 11.5 Å². The van der Waals surface area contributed by atoms with Crippen molar-refractivity contribution in [2.75, 3.05) is 12.5 Å². The Morgan fingerprint density at radius 2 is 1.88 bits per heavy atom. The summed E-state index contributed by atoms with van der Waals surface area (Å²) in [6.07, 6.45) is 0.634. The van der Waals surface area contributed by atoms with Crippen LogP contribution in [0.2, 0.25) is 0 Å². The average Bonchev–Trinajstić information content (AvgIpc) is 2.97. The third-order valence-electron chi connectivity index (χ3n) is 3.89. The molecule has 0 aliphatic rings. The Hall–Kier alpha value is -2.84. The number of nitrogens with one attached hydrogen (secondary N) is 3. The van der Waals surface area contributed by atoms with Crippen molar-refractivity contribution in [2.24, 2.45) is 0 Å². The molecule has 0 atom stereocenters. The fourth-order valence-corrected chi connectivity index (χ4v) is 2.88. The SMILES string of the molecule is CCc1cc(-c2n[nH]c(=S)n2-c2ccc(NNC)cc2)c(O)cc1O. The van der Waals surface area contributed by atoms with E-state index < -0.39 is 0 Å². The van der Waals surface area contributed by atoms with E-state index in [4.69, 9.17) is 12.2 Å². The average molecular weight is 357 g/mol. The molecule has 0 aliphatic carbocycles. The number of phenolic OH excluding ortho intramolecular Hbond substituents is 2. The summed E-state index contributed by atoms with van der Waals surface area (Å²) >= 11 is 5.36. The van der Waals surface area contributed by atoms with Crippen LogP contribution in [-0.4, -0.2) is 32.0 Å². The fourth-order valence-electron chi connectivity index (χ4n) is 2.64. The molecule has 130 valence electrons. The second-order valence-corrected chi connectivity index (χ2v) is 5.85. The van der Waals surface area contributed by atoms with Gasteiger partial charge in [-0.15, -0.1) is 0 Å². The maximum Gasteiger partial charge on any atom is 0.200 e. The highest BCUT2D eigenvalue weighted by atomic mass is 32.1. The van der Waals surface area contributed by atoms with Crippen molar-refractivity contribution in [1.29, 1.82) is 0 Å². The Morgan fingerprint density at radius 3 is 2.52 bits per heavy atom. The zero-order valence-corrected chi connectivity index (χ0v) is 14.7. The second-order valence-electron chi connectivity index (χ2n) is 5.46. The number of aromatic hydroxyl groups is 2. The highest BCUT2D eigenvalue weighted by molar-refractivity contribution is 7.71. The van der Waals surface area contributed by atoms with E-state index in [1.165, 1.54) is 6.07 Å². The van der Waals surface area contributed by atoms with Crippen molar-refractivity contribution in [3.05, 3.63) is 46.7 Å². The third kappa shape index (κ3) is 3.21. The van der Waals surface area contributed by atoms with Crippen LogP contribution < -0.4 is 10.9 Å². The molecule has 0 spiro atoms. The van der Waals surface area contributed by atoms with Crippen molar-refractivity contribution in [3.63, 3.8) is 0 Å². The topological polar surface area (TPSA) is 98.1 Å². The number of benzene rings is 2. The number of phenols is 2. The van der Waals surface area contributed by atoms with Gasteiger partial charge in [0.15, 0.2) is 10.6 Å². The third-order valence-corrected chi connectivity index (χ3v) is 4.16. The molecule has 3 rings (SSSR count). The summed E-state index contributed by atoms with van der Waals surface area (Å²) in [5.41, 5.74) is 8.79. The van der Waals surface area contributed by atoms with Gasteiger partial charge in [0.05, 0.1) is 11.3 Å². The molecule has 2 aromatic carbocycles. The molecule has 0 bridgehead atoms. The Morgan fingerprint density at radius 1 is 1.16 bits per heavy atom. The van der Waals surface area contributed by atoms with E-state index in [0.717, 1.165) is 16.9 Å². The van der Waals surface area contributed by atoms with Crippen LogP contribution in [0.4, 0.5) is 5.69 Å². The standard InChI is InChI=1S/C17H19N5O2S/c1-3-10-8-13(15(24)9-14(10)23)16-20-21-17(25)22(16)12-6-4-11(5-7-12)19-18-2/h4-9,18-19,23-24H,3H2,1-2H3,(H,21,25). The van der Waals surface area contributed by atoms with E-state index in [2.05, 4.69) is 21.0 Å². The van der Waals surface area contributed by atoms with Gasteiger partial charge in [0, 0.05) is 18.8 Å². The van der Waals surface area contributed by atoms with Crippen LogP contribution >= 0.6 is 12.2 Å². The molecular weight excluding hydrogens is 338 g/mol. The quantitative estimate of drug-likeness (QED) is 0.355. The van der Waals surface area contributed by atoms with Crippen LogP contribution in [0.1, 0.15) is 12.5 Å². The lowest BCUT2D eigenvalue weighted by molar-refractivity contribution is 0.447. The van der Waals surface area contributed by atoms with Crippen molar-refractivity contribution < 1.29 is 10.2 Å². The molecule has 7 nitrogen and oxygen atoms in total. The lowest BCUT2D eigenvalue weighted by Gasteiger charge is -2.11. The summed E-state index contributed by atoms with van der Waals surface area (Å²) in [5, 5.41) is 27.2. The number of aryl methyl sites for hydroxylation is 1. The van der Waals surface area contributed by atoms with Gasteiger partial charge in [-0.3, -0.25) is 9.67 Å². The molecule has 5 N–H and O–H groups in total. The first-order chi connectivity index (χ1) is 12.0. The molecule has 0 unspecified atom stereocenters. The highest BCUT2D eigenvalue weighted by Crippen LogP contribution is 2.35. The molecular formula is C17H19N5O2S. The number of H-pyrrole nitrogens is 1. The number of aromatic nitrogens is 3. The molecule has 0 saturated heterocycles. The minimum Gasteiger partial charge on any atom is -0.508 e. The highest BCUT2D eigenvalue weighted by Gasteiger charge is 2.17. The Bertz CT molecular complexity index is 947. The number of rotatable bonds is 5. The molecule has 8 heteroatoms. The van der Waals surface area contributed by atoms with Gasteiger partial charge in [-0.2, -0.15) is 5.10 Å². The van der Waals surface area contributed by atoms with Crippen LogP contribution in [0.25, 0.3) is 17.1 Å². The lowest BCUT2D eigenvalue weighted by Crippen LogP contribution is -2.14. The van der Waals surface area contributed by atoms with Gasteiger partial charge in [0.2, 0.25) is 0 Å². The summed E-state index contributed by atoms with van der Waals surface area (Å²) in [7, 11) is 1.79. The van der Waals surface area contributed by atoms with Gasteiger partial charge in [-0.05, 0) is 54.5 Å². The first kappa shape index (κ1) is 17.0. The Kier molecular flexibility index (Phi) is 4.73. The normalized spacial score (nSPS) is 10.8. The van der Waals surface area contributed by atoms with E-state index in [0.29, 0.717) is 22.6 Å². The molecule has 0 saturated carbocycles. The largest absolute Gasteiger partial charge is 0.508 e. The van der Waals surface area contributed by atoms with Gasteiger partial charge in [-0.25, -0.2) is 5.43 Å². The maximum atomic E-state index is 10.3. The van der Waals surface area contributed by atoms with Crippen LogP contribution in [0.15, 0.2) is 36.4 Å². The van der Waals surface area contributed by atoms with Crippen molar-refractivity contribution in [2.45, 2.75) is 13.3 Å². The summed E-state index contributed by atoms with van der Waals surface area (Å²) in [6, 6.07) is 10.6. The van der Waals surface area contributed by atoms with Gasteiger partial charge < -0.3 is 15.6 Å². The van der Waals surface area contributed by atoms with E-state index in [1.807, 2.05) is 31.2 Å². The minimum absolute atomic E-state index is 0.0570. The van der Waals surface area contributed by atoms with Crippen molar-refractivity contribution in [3.8, 4) is 28.6 Å². The summed E-state index contributed by atoms with van der Waals surface area (Å²) in [5.74, 6) is 0.483. The zero-order chi connectivity index (χ0) is 18.0. The Labute approximate surface area is 149 Å². The van der Waals surface area contributed by atoms with E-state index >= 15 is 0 Å². The van der Waals surface area contributed by atoms with Crippen LogP contribution in [0.3, 0.4) is 0 Å². The van der Waals surface area contributed by atoms with Crippen LogP contribution in [0, 0.1) is 4.77 Å². The number of nitrogens with zero attached hydrogens (tertiary/aromatic N) is 2. The monoisotopic (exact) mass is 357 g/mol. The number of hydrazine groups is 1. The smallest absolute Gasteiger partial charge is 0.200 e. The summed E-state index contributed by atoms with van der Waals surface area (Å²) in [6.45, 7) is 1.93. The predicted molar refractivity (Wildman–Crippen MR) is 99.6 cm³/mol. The minimum atomic E-state index is -0.0570. The molecule has 3 aromatic rings. The summed E-state index contributed by atoms with van der Waals surface area (Å²) < 4.78 is 2.15. The van der Waals surface area contributed by atoms with Crippen LogP contribution in [-0.2, 0) is 6.42 Å². The van der Waals surface area contributed by atoms with E-state index in [9.17, 15) is 10.2 Å². The molecule has 0 aliphatic heterocycles. The first-order valence-corrected chi connectivity index (χ1v) is 8.21. The van der Waals surface area contributed by atoms with Gasteiger partial charge >= 0.3 is 0 Å². The number of anilines is 1. The fraction of sp³-hybridized carbons (Fsp3) is 0.176. The molecule has 0 amide bonds. The molecule has 1 heterocycles.